The zero-order valence-electron chi connectivity index (χ0n) is 12.4. The number of hydrogen-bond acceptors (Lipinski definition) is 5. The second-order valence-corrected chi connectivity index (χ2v) is 6.40. The molecule has 1 aromatic rings. The molecular weight excluding hydrogens is 290 g/mol. The summed E-state index contributed by atoms with van der Waals surface area (Å²) in [6.45, 7) is 0.793. The summed E-state index contributed by atoms with van der Waals surface area (Å²) in [7, 11) is 3.48. The van der Waals surface area contributed by atoms with Crippen molar-refractivity contribution in [3.05, 3.63) is 18.0 Å². The second-order valence-electron chi connectivity index (χ2n) is 5.30. The number of aliphatic hydroxyl groups excluding tert-OH is 1. The van der Waals surface area contributed by atoms with Gasteiger partial charge in [-0.2, -0.15) is 16.9 Å². The molecule has 1 aliphatic rings. The fourth-order valence-electron chi connectivity index (χ4n) is 2.13. The van der Waals surface area contributed by atoms with Gasteiger partial charge in [0.15, 0.2) is 5.96 Å². The van der Waals surface area contributed by atoms with Gasteiger partial charge in [0, 0.05) is 44.7 Å². The molecule has 2 unspecified atom stereocenters. The van der Waals surface area contributed by atoms with Gasteiger partial charge in [-0.3, -0.25) is 9.67 Å². The summed E-state index contributed by atoms with van der Waals surface area (Å²) in [4.78, 5) is 4.10. The van der Waals surface area contributed by atoms with Gasteiger partial charge in [0.1, 0.15) is 0 Å². The Labute approximate surface area is 128 Å². The lowest BCUT2D eigenvalue weighted by Gasteiger charge is -2.23. The van der Waals surface area contributed by atoms with Crippen LogP contribution < -0.4 is 10.6 Å². The molecule has 1 aromatic heterocycles. The summed E-state index contributed by atoms with van der Waals surface area (Å²) in [6, 6.07) is 0. The zero-order valence-corrected chi connectivity index (χ0v) is 13.2. The molecule has 1 aliphatic heterocycles. The molecule has 4 N–H and O–H groups in total. The molecule has 21 heavy (non-hydrogen) atoms. The van der Waals surface area contributed by atoms with Gasteiger partial charge in [0.2, 0.25) is 0 Å². The summed E-state index contributed by atoms with van der Waals surface area (Å²) in [5, 5.41) is 30.5. The van der Waals surface area contributed by atoms with E-state index in [1.165, 1.54) is 0 Å². The van der Waals surface area contributed by atoms with Crippen LogP contribution in [-0.2, 0) is 7.05 Å². The van der Waals surface area contributed by atoms with E-state index in [4.69, 9.17) is 0 Å². The Morgan fingerprint density at radius 2 is 2.43 bits per heavy atom. The Balaban J connectivity index is 1.77. The number of aliphatic imine (C=N–C) groups is 1. The van der Waals surface area contributed by atoms with Gasteiger partial charge in [-0.05, 0) is 12.2 Å². The largest absolute Gasteiger partial charge is 0.387 e. The minimum absolute atomic E-state index is 0.332. The number of nitrogens with zero attached hydrogens (tertiary/aromatic N) is 3. The molecule has 0 spiro atoms. The number of nitrogens with one attached hydrogen (secondary N) is 2. The Morgan fingerprint density at radius 1 is 1.62 bits per heavy atom. The fraction of sp³-hybridized carbons (Fsp3) is 0.692. The minimum atomic E-state index is -0.662. The molecule has 8 heteroatoms. The highest BCUT2D eigenvalue weighted by molar-refractivity contribution is 7.99. The minimum Gasteiger partial charge on any atom is -0.387 e. The lowest BCUT2D eigenvalue weighted by molar-refractivity contribution is 0.0723. The summed E-state index contributed by atoms with van der Waals surface area (Å²) in [5.41, 5.74) is 0.0934. The summed E-state index contributed by atoms with van der Waals surface area (Å²) >= 11 is 1.76. The van der Waals surface area contributed by atoms with Crippen LogP contribution in [0.25, 0.3) is 0 Å². The number of aliphatic hydroxyl groups is 2. The third kappa shape index (κ3) is 4.62. The van der Waals surface area contributed by atoms with Crippen LogP contribution in [0, 0.1) is 0 Å². The number of rotatable bonds is 5. The van der Waals surface area contributed by atoms with Crippen LogP contribution in [0.15, 0.2) is 17.4 Å². The Hall–Kier alpha value is -1.25. The molecule has 0 aliphatic carbocycles. The van der Waals surface area contributed by atoms with Gasteiger partial charge in [-0.1, -0.05) is 0 Å². The molecule has 7 nitrogen and oxygen atoms in total. The number of hydrogen-bond donors (Lipinski definition) is 4. The third-order valence-electron chi connectivity index (χ3n) is 3.46. The van der Waals surface area contributed by atoms with Crippen molar-refractivity contribution in [1.29, 1.82) is 0 Å². The van der Waals surface area contributed by atoms with Gasteiger partial charge < -0.3 is 20.8 Å². The molecular formula is C13H23N5O2S. The van der Waals surface area contributed by atoms with Crippen molar-refractivity contribution < 1.29 is 10.2 Å². The van der Waals surface area contributed by atoms with Crippen LogP contribution in [0.4, 0.5) is 0 Å². The van der Waals surface area contributed by atoms with Crippen LogP contribution in [0.2, 0.25) is 0 Å². The standard InChI is InChI=1S/C13H23N5O2S/c1-14-12(16-8-13(20)3-4-21-9-13)15-6-11(19)10-5-17-18(2)7-10/h5,7,11,19-20H,3-4,6,8-9H2,1-2H3,(H2,14,15,16). The third-order valence-corrected chi connectivity index (χ3v) is 4.70. The quantitative estimate of drug-likeness (QED) is 0.432. The molecule has 2 heterocycles. The summed E-state index contributed by atoms with van der Waals surface area (Å²) < 4.78 is 1.65. The smallest absolute Gasteiger partial charge is 0.191 e. The van der Waals surface area contributed by atoms with Gasteiger partial charge in [-0.25, -0.2) is 0 Å². The van der Waals surface area contributed by atoms with E-state index in [2.05, 4.69) is 20.7 Å². The zero-order chi connectivity index (χ0) is 15.3. The SMILES string of the molecule is CN=C(NCC(O)c1cnn(C)c1)NCC1(O)CCSC1. The number of thioether (sulfide) groups is 1. The lowest BCUT2D eigenvalue weighted by Crippen LogP contribution is -2.48. The van der Waals surface area contributed by atoms with E-state index in [9.17, 15) is 10.2 Å². The highest BCUT2D eigenvalue weighted by Crippen LogP contribution is 2.26. The van der Waals surface area contributed by atoms with Crippen molar-refractivity contribution >= 4 is 17.7 Å². The van der Waals surface area contributed by atoms with Gasteiger partial charge >= 0.3 is 0 Å². The number of aromatic nitrogens is 2. The van der Waals surface area contributed by atoms with E-state index in [1.54, 1.807) is 35.9 Å². The van der Waals surface area contributed by atoms with Crippen molar-refractivity contribution in [2.45, 2.75) is 18.1 Å². The normalized spacial score (nSPS) is 24.1. The molecule has 2 atom stereocenters. The number of aryl methyl sites for hydroxylation is 1. The van der Waals surface area contributed by atoms with E-state index in [1.807, 2.05) is 7.05 Å². The lowest BCUT2D eigenvalue weighted by atomic mass is 10.0. The molecule has 0 saturated carbocycles. The van der Waals surface area contributed by atoms with Crippen LogP contribution in [-0.4, -0.2) is 63.2 Å². The average molecular weight is 313 g/mol. The second kappa shape index (κ2) is 7.15. The van der Waals surface area contributed by atoms with Crippen LogP contribution in [0.5, 0.6) is 0 Å². The molecule has 118 valence electrons. The number of guanidine groups is 1. The first-order valence-corrected chi connectivity index (χ1v) is 8.09. The van der Waals surface area contributed by atoms with E-state index >= 15 is 0 Å². The van der Waals surface area contributed by atoms with Crippen LogP contribution in [0.3, 0.4) is 0 Å². The monoisotopic (exact) mass is 313 g/mol. The van der Waals surface area contributed by atoms with Crippen molar-refractivity contribution in [1.82, 2.24) is 20.4 Å². The summed E-state index contributed by atoms with van der Waals surface area (Å²) in [5.74, 6) is 2.31. The molecule has 1 fully saturated rings. The maximum absolute atomic E-state index is 10.3. The van der Waals surface area contributed by atoms with Gasteiger partial charge in [-0.15, -0.1) is 0 Å². The first-order chi connectivity index (χ1) is 10.0. The first-order valence-electron chi connectivity index (χ1n) is 6.94. The van der Waals surface area contributed by atoms with Gasteiger partial charge in [0.25, 0.3) is 0 Å². The molecule has 0 amide bonds. The highest BCUT2D eigenvalue weighted by Gasteiger charge is 2.31. The van der Waals surface area contributed by atoms with Crippen LogP contribution in [0.1, 0.15) is 18.1 Å². The maximum atomic E-state index is 10.3. The van der Waals surface area contributed by atoms with Crippen LogP contribution >= 0.6 is 11.8 Å². The molecule has 0 aromatic carbocycles. The first kappa shape index (κ1) is 16.1. The van der Waals surface area contributed by atoms with E-state index in [0.717, 1.165) is 23.5 Å². The molecule has 0 radical (unpaired) electrons. The molecule has 1 saturated heterocycles. The topological polar surface area (TPSA) is 94.7 Å². The van der Waals surface area contributed by atoms with E-state index in [-0.39, 0.29) is 0 Å². The van der Waals surface area contributed by atoms with Crippen molar-refractivity contribution in [2.24, 2.45) is 12.0 Å². The van der Waals surface area contributed by atoms with Gasteiger partial charge in [0.05, 0.1) is 17.9 Å². The Bertz CT molecular complexity index is 485. The van der Waals surface area contributed by atoms with Crippen molar-refractivity contribution in [3.8, 4) is 0 Å². The van der Waals surface area contributed by atoms with Crippen molar-refractivity contribution in [3.63, 3.8) is 0 Å². The maximum Gasteiger partial charge on any atom is 0.191 e. The predicted octanol–water partition coefficient (Wildman–Crippen LogP) is -0.513. The molecule has 2 rings (SSSR count). The average Bonchev–Trinajstić information content (AvgIpc) is 3.08. The molecule has 0 bridgehead atoms. The highest BCUT2D eigenvalue weighted by atomic mass is 32.2. The van der Waals surface area contributed by atoms with E-state index < -0.39 is 11.7 Å². The fourth-order valence-corrected chi connectivity index (χ4v) is 3.42. The Morgan fingerprint density at radius 3 is 3.00 bits per heavy atom. The predicted molar refractivity (Wildman–Crippen MR) is 84.4 cm³/mol. The van der Waals surface area contributed by atoms with Crippen molar-refractivity contribution in [2.75, 3.05) is 31.6 Å². The van der Waals surface area contributed by atoms with E-state index in [0.29, 0.717) is 19.0 Å². The Kier molecular flexibility index (Phi) is 5.49. The summed E-state index contributed by atoms with van der Waals surface area (Å²) in [6.07, 6.45) is 3.56.